The Kier molecular flexibility index (Phi) is 9.29. The quantitative estimate of drug-likeness (QED) is 0.548. The first-order valence-electron chi connectivity index (χ1n) is 6.85. The van der Waals surface area contributed by atoms with Crippen LogP contribution in [0.5, 0.6) is 0 Å². The largest absolute Gasteiger partial charge is 0.480 e. The number of carboxylic acid groups (broad SMARTS) is 1. The lowest BCUT2D eigenvalue weighted by Crippen LogP contribution is -2.28. The molecule has 4 N–H and O–H groups in total. The summed E-state index contributed by atoms with van der Waals surface area (Å²) in [6.45, 7) is 9.31. The Morgan fingerprint density at radius 1 is 1.45 bits per heavy atom. The fraction of sp³-hybridized carbons (Fsp3) is 0.375. The van der Waals surface area contributed by atoms with Crippen molar-refractivity contribution in [2.75, 3.05) is 18.5 Å². The first-order chi connectivity index (χ1) is 10.3. The molecule has 0 heterocycles. The number of carboxylic acids is 1. The van der Waals surface area contributed by atoms with E-state index in [1.165, 1.54) is 5.56 Å². The van der Waals surface area contributed by atoms with Gasteiger partial charge in [0.1, 0.15) is 12.6 Å². The minimum atomic E-state index is -0.968. The van der Waals surface area contributed by atoms with Gasteiger partial charge in [-0.3, -0.25) is 4.79 Å². The lowest BCUT2D eigenvalue weighted by Gasteiger charge is -2.16. The third kappa shape index (κ3) is 8.06. The zero-order chi connectivity index (χ0) is 17.1. The van der Waals surface area contributed by atoms with Gasteiger partial charge in [-0.1, -0.05) is 30.4 Å². The number of aryl methyl sites for hydroxylation is 2. The molecule has 1 aromatic rings. The molecule has 0 fully saturated rings. The molecule has 6 nitrogen and oxygen atoms in total. The van der Waals surface area contributed by atoms with Crippen LogP contribution in [0.4, 0.5) is 5.69 Å². The first-order valence-corrected chi connectivity index (χ1v) is 6.85. The second-order valence-electron chi connectivity index (χ2n) is 4.70. The van der Waals surface area contributed by atoms with Crippen molar-refractivity contribution in [1.29, 1.82) is 0 Å². The average molecular weight is 308 g/mol. The molecule has 0 unspecified atom stereocenters. The third-order valence-electron chi connectivity index (χ3n) is 2.63. The number of hydrogen-bond acceptors (Lipinski definition) is 5. The number of carbonyl (C=O) groups is 2. The van der Waals surface area contributed by atoms with E-state index in [2.05, 4.69) is 23.7 Å². The van der Waals surface area contributed by atoms with Crippen LogP contribution in [-0.2, 0) is 14.3 Å². The lowest BCUT2D eigenvalue weighted by atomic mass is 10.1. The summed E-state index contributed by atoms with van der Waals surface area (Å²) in [6, 6.07) is 5.69. The molecule has 0 amide bonds. The molecule has 6 heteroatoms. The smallest absolute Gasteiger partial charge is 0.328 e. The Balaban J connectivity index is 0.000000763. The maximum atomic E-state index is 11.6. The molecular weight excluding hydrogens is 284 g/mol. The van der Waals surface area contributed by atoms with Crippen molar-refractivity contribution in [1.82, 2.24) is 0 Å². The van der Waals surface area contributed by atoms with Gasteiger partial charge in [-0.05, 0) is 32.4 Å². The van der Waals surface area contributed by atoms with E-state index in [9.17, 15) is 9.59 Å². The Bertz CT molecular complexity index is 515. The van der Waals surface area contributed by atoms with Crippen LogP contribution >= 0.6 is 0 Å². The predicted octanol–water partition coefficient (Wildman–Crippen LogP) is 1.86. The van der Waals surface area contributed by atoms with E-state index < -0.39 is 5.97 Å². The van der Waals surface area contributed by atoms with Crippen molar-refractivity contribution >= 4 is 17.6 Å². The van der Waals surface area contributed by atoms with E-state index in [0.717, 1.165) is 11.3 Å². The van der Waals surface area contributed by atoms with Gasteiger partial charge in [0.2, 0.25) is 0 Å². The Labute approximate surface area is 131 Å². The summed E-state index contributed by atoms with van der Waals surface area (Å²) < 4.78 is 4.97. The van der Waals surface area contributed by atoms with Gasteiger partial charge in [0.15, 0.2) is 0 Å². The van der Waals surface area contributed by atoms with Crippen LogP contribution in [0.15, 0.2) is 30.9 Å². The molecule has 0 aliphatic heterocycles. The molecule has 0 saturated carbocycles. The highest BCUT2D eigenvalue weighted by atomic mass is 16.5. The first kappa shape index (κ1) is 19.7. The number of ether oxygens (including phenoxy) is 1. The molecule has 1 rings (SSSR count). The minimum absolute atomic E-state index is 0.248. The third-order valence-corrected chi connectivity index (χ3v) is 2.63. The molecule has 0 spiro atoms. The Morgan fingerprint density at radius 3 is 2.50 bits per heavy atom. The maximum absolute atomic E-state index is 11.6. The molecule has 0 aliphatic rings. The van der Waals surface area contributed by atoms with Crippen LogP contribution in [0, 0.1) is 13.8 Å². The summed E-state index contributed by atoms with van der Waals surface area (Å²) in [5.41, 5.74) is 7.85. The molecule has 0 aromatic heterocycles. The van der Waals surface area contributed by atoms with E-state index in [0.29, 0.717) is 0 Å². The molecule has 0 saturated heterocycles. The normalized spacial score (nSPS) is 10.7. The van der Waals surface area contributed by atoms with Crippen molar-refractivity contribution in [2.24, 2.45) is 5.73 Å². The molecule has 1 aromatic carbocycles. The average Bonchev–Trinajstić information content (AvgIpc) is 2.48. The molecule has 0 radical (unpaired) electrons. The van der Waals surface area contributed by atoms with Gasteiger partial charge in [-0.25, -0.2) is 4.79 Å². The van der Waals surface area contributed by atoms with Crippen LogP contribution in [0.1, 0.15) is 18.1 Å². The summed E-state index contributed by atoms with van der Waals surface area (Å²) in [5, 5.41) is 10.7. The van der Waals surface area contributed by atoms with E-state index in [4.69, 9.17) is 9.84 Å². The van der Waals surface area contributed by atoms with Crippen LogP contribution < -0.4 is 11.1 Å². The topological polar surface area (TPSA) is 102 Å². The molecule has 1 atom stereocenters. The number of carbonyl (C=O) groups excluding carboxylic acids is 1. The summed E-state index contributed by atoms with van der Waals surface area (Å²) >= 11 is 0. The molecule has 122 valence electrons. The highest BCUT2D eigenvalue weighted by molar-refractivity contribution is 5.79. The summed E-state index contributed by atoms with van der Waals surface area (Å²) in [7, 11) is 0. The van der Waals surface area contributed by atoms with Gasteiger partial charge in [0.05, 0.1) is 6.54 Å². The Hall–Kier alpha value is -2.34. The van der Waals surface area contributed by atoms with Gasteiger partial charge in [0, 0.05) is 5.69 Å². The number of nitrogens with two attached hydrogens (primary N) is 1. The summed E-state index contributed by atoms with van der Waals surface area (Å²) in [5.74, 6) is -1.24. The van der Waals surface area contributed by atoms with Gasteiger partial charge in [0.25, 0.3) is 0 Å². The van der Waals surface area contributed by atoms with E-state index in [-0.39, 0.29) is 25.2 Å². The standard InChI is InChI=1S/C14H19NO2.C2H5NO2/c1-5-8-17-14(16)12(4)15-13-7-6-10(2)9-11(13)3;3-1-2(4)5/h5-7,9,12,15H,1,8H2,2-4H3;1,3H2,(H,4,5)/t12-;/m0./s1. The summed E-state index contributed by atoms with van der Waals surface area (Å²) in [4.78, 5) is 20.8. The van der Waals surface area contributed by atoms with Gasteiger partial charge < -0.3 is 20.9 Å². The second kappa shape index (κ2) is 10.4. The SMILES string of the molecule is C=CCOC(=O)[C@H](C)Nc1ccc(C)cc1C.NCC(=O)O. The molecule has 0 aliphatic carbocycles. The number of hydrogen-bond donors (Lipinski definition) is 3. The van der Waals surface area contributed by atoms with Crippen molar-refractivity contribution in [2.45, 2.75) is 26.8 Å². The van der Waals surface area contributed by atoms with Gasteiger partial charge >= 0.3 is 11.9 Å². The lowest BCUT2D eigenvalue weighted by molar-refractivity contribution is -0.143. The van der Waals surface area contributed by atoms with Crippen LogP contribution in [0.2, 0.25) is 0 Å². The predicted molar refractivity (Wildman–Crippen MR) is 86.8 cm³/mol. The molecule has 22 heavy (non-hydrogen) atoms. The highest BCUT2D eigenvalue weighted by Crippen LogP contribution is 2.17. The molecular formula is C16H24N2O4. The summed E-state index contributed by atoms with van der Waals surface area (Å²) in [6.07, 6.45) is 1.56. The van der Waals surface area contributed by atoms with E-state index >= 15 is 0 Å². The number of anilines is 1. The van der Waals surface area contributed by atoms with Crippen LogP contribution in [-0.4, -0.2) is 36.2 Å². The fourth-order valence-electron chi connectivity index (χ4n) is 1.53. The molecule has 0 bridgehead atoms. The Morgan fingerprint density at radius 2 is 2.05 bits per heavy atom. The van der Waals surface area contributed by atoms with E-state index in [1.807, 2.05) is 26.0 Å². The number of nitrogens with one attached hydrogen (secondary N) is 1. The number of esters is 1. The van der Waals surface area contributed by atoms with Crippen molar-refractivity contribution in [3.05, 3.63) is 42.0 Å². The monoisotopic (exact) mass is 308 g/mol. The van der Waals surface area contributed by atoms with Crippen molar-refractivity contribution < 1.29 is 19.4 Å². The van der Waals surface area contributed by atoms with Gasteiger partial charge in [-0.15, -0.1) is 0 Å². The van der Waals surface area contributed by atoms with Crippen LogP contribution in [0.3, 0.4) is 0 Å². The number of benzene rings is 1. The highest BCUT2D eigenvalue weighted by Gasteiger charge is 2.14. The zero-order valence-corrected chi connectivity index (χ0v) is 13.3. The van der Waals surface area contributed by atoms with Crippen LogP contribution in [0.25, 0.3) is 0 Å². The minimum Gasteiger partial charge on any atom is -0.480 e. The van der Waals surface area contributed by atoms with Crippen molar-refractivity contribution in [3.8, 4) is 0 Å². The van der Waals surface area contributed by atoms with E-state index in [1.54, 1.807) is 13.0 Å². The fourth-order valence-corrected chi connectivity index (χ4v) is 1.53. The number of rotatable bonds is 6. The maximum Gasteiger partial charge on any atom is 0.328 e. The zero-order valence-electron chi connectivity index (χ0n) is 13.3. The van der Waals surface area contributed by atoms with Gasteiger partial charge in [-0.2, -0.15) is 0 Å². The second-order valence-corrected chi connectivity index (χ2v) is 4.70. The van der Waals surface area contributed by atoms with Crippen molar-refractivity contribution in [3.63, 3.8) is 0 Å². The number of aliphatic carboxylic acids is 1.